The SMILES string of the molecule is O=C(Nc1ccc(F)cc1)c1nc(Nc2ccc(Cl)cc2)c2ccccc2n1. The first kappa shape index (κ1) is 17.9. The minimum Gasteiger partial charge on any atom is -0.340 e. The Hall–Kier alpha value is -3.51. The molecule has 4 rings (SSSR count). The fraction of sp³-hybridized carbons (Fsp3) is 0. The number of aromatic nitrogens is 2. The van der Waals surface area contributed by atoms with Crippen LogP contribution in [0.4, 0.5) is 21.6 Å². The normalized spacial score (nSPS) is 10.6. The van der Waals surface area contributed by atoms with Crippen molar-refractivity contribution in [2.45, 2.75) is 0 Å². The summed E-state index contributed by atoms with van der Waals surface area (Å²) in [6.45, 7) is 0. The van der Waals surface area contributed by atoms with Crippen molar-refractivity contribution in [2.75, 3.05) is 10.6 Å². The van der Waals surface area contributed by atoms with E-state index in [1.807, 2.05) is 30.3 Å². The first-order valence-electron chi connectivity index (χ1n) is 8.45. The third kappa shape index (κ3) is 3.92. The van der Waals surface area contributed by atoms with Crippen LogP contribution in [0.25, 0.3) is 10.9 Å². The molecule has 0 fully saturated rings. The molecule has 0 atom stereocenters. The predicted octanol–water partition coefficient (Wildman–Crippen LogP) is 5.42. The van der Waals surface area contributed by atoms with Gasteiger partial charge in [0.15, 0.2) is 0 Å². The van der Waals surface area contributed by atoms with Gasteiger partial charge in [0.1, 0.15) is 11.6 Å². The van der Waals surface area contributed by atoms with Crippen molar-refractivity contribution in [2.24, 2.45) is 0 Å². The number of anilines is 3. The van der Waals surface area contributed by atoms with Crippen molar-refractivity contribution < 1.29 is 9.18 Å². The quantitative estimate of drug-likeness (QED) is 0.486. The number of nitrogens with zero attached hydrogens (tertiary/aromatic N) is 2. The Morgan fingerprint density at radius 3 is 2.29 bits per heavy atom. The molecule has 3 aromatic carbocycles. The van der Waals surface area contributed by atoms with E-state index in [1.54, 1.807) is 18.2 Å². The van der Waals surface area contributed by atoms with E-state index in [9.17, 15) is 9.18 Å². The van der Waals surface area contributed by atoms with Gasteiger partial charge < -0.3 is 10.6 Å². The molecule has 0 aliphatic heterocycles. The molecule has 5 nitrogen and oxygen atoms in total. The summed E-state index contributed by atoms with van der Waals surface area (Å²) < 4.78 is 13.1. The van der Waals surface area contributed by atoms with Gasteiger partial charge in [0, 0.05) is 21.8 Å². The molecule has 0 saturated carbocycles. The Bertz CT molecular complexity index is 1150. The monoisotopic (exact) mass is 392 g/mol. The molecule has 1 heterocycles. The van der Waals surface area contributed by atoms with Crippen LogP contribution in [-0.4, -0.2) is 15.9 Å². The number of benzene rings is 3. The van der Waals surface area contributed by atoms with Crippen molar-refractivity contribution in [3.63, 3.8) is 0 Å². The van der Waals surface area contributed by atoms with Gasteiger partial charge in [-0.1, -0.05) is 23.7 Å². The maximum atomic E-state index is 13.1. The highest BCUT2D eigenvalue weighted by atomic mass is 35.5. The molecule has 0 saturated heterocycles. The van der Waals surface area contributed by atoms with Gasteiger partial charge in [-0.15, -0.1) is 0 Å². The van der Waals surface area contributed by atoms with Gasteiger partial charge in [0.25, 0.3) is 5.91 Å². The summed E-state index contributed by atoms with van der Waals surface area (Å²) in [7, 11) is 0. The van der Waals surface area contributed by atoms with Gasteiger partial charge >= 0.3 is 0 Å². The first-order chi connectivity index (χ1) is 13.6. The number of carbonyl (C=O) groups is 1. The second kappa shape index (κ2) is 7.62. The van der Waals surface area contributed by atoms with E-state index >= 15 is 0 Å². The average molecular weight is 393 g/mol. The molecule has 0 radical (unpaired) electrons. The lowest BCUT2D eigenvalue weighted by molar-refractivity contribution is 0.101. The average Bonchev–Trinajstić information content (AvgIpc) is 2.71. The van der Waals surface area contributed by atoms with E-state index in [2.05, 4.69) is 20.6 Å². The molecule has 1 aromatic heterocycles. The topological polar surface area (TPSA) is 66.9 Å². The van der Waals surface area contributed by atoms with E-state index in [4.69, 9.17) is 11.6 Å². The van der Waals surface area contributed by atoms with Crippen LogP contribution in [0.1, 0.15) is 10.6 Å². The van der Waals surface area contributed by atoms with Crippen molar-refractivity contribution in [1.82, 2.24) is 9.97 Å². The molecule has 0 unspecified atom stereocenters. The van der Waals surface area contributed by atoms with E-state index < -0.39 is 5.91 Å². The molecule has 0 spiro atoms. The van der Waals surface area contributed by atoms with Gasteiger partial charge in [-0.2, -0.15) is 0 Å². The van der Waals surface area contributed by atoms with Gasteiger partial charge in [-0.05, 0) is 60.7 Å². The zero-order chi connectivity index (χ0) is 19.5. The first-order valence-corrected chi connectivity index (χ1v) is 8.82. The Morgan fingerprint density at radius 2 is 1.54 bits per heavy atom. The Morgan fingerprint density at radius 1 is 0.857 bits per heavy atom. The molecular weight excluding hydrogens is 379 g/mol. The van der Waals surface area contributed by atoms with E-state index in [0.717, 1.165) is 11.1 Å². The number of hydrogen-bond donors (Lipinski definition) is 2. The standard InChI is InChI=1S/C21H14ClFN4O/c22-13-5-9-15(10-6-13)24-19-17-3-1-2-4-18(17)26-20(27-19)21(28)25-16-11-7-14(23)8-12-16/h1-12H,(H,25,28)(H,24,26,27). The fourth-order valence-electron chi connectivity index (χ4n) is 2.66. The molecular formula is C21H14ClFN4O. The second-order valence-corrected chi connectivity index (χ2v) is 6.44. The van der Waals surface area contributed by atoms with Gasteiger partial charge in [-0.3, -0.25) is 4.79 Å². The van der Waals surface area contributed by atoms with Crippen molar-refractivity contribution in [3.8, 4) is 0 Å². The highest BCUT2D eigenvalue weighted by Gasteiger charge is 2.14. The van der Waals surface area contributed by atoms with Gasteiger partial charge in [0.05, 0.1) is 5.52 Å². The number of nitrogens with one attached hydrogen (secondary N) is 2. The number of amides is 1. The summed E-state index contributed by atoms with van der Waals surface area (Å²) >= 11 is 5.93. The van der Waals surface area contributed by atoms with E-state index in [0.29, 0.717) is 22.0 Å². The zero-order valence-electron chi connectivity index (χ0n) is 14.5. The number of halogens is 2. The highest BCUT2D eigenvalue weighted by Crippen LogP contribution is 2.25. The number of rotatable bonds is 4. The van der Waals surface area contributed by atoms with Crippen LogP contribution in [0.15, 0.2) is 72.8 Å². The van der Waals surface area contributed by atoms with Crippen LogP contribution in [0.3, 0.4) is 0 Å². The lowest BCUT2D eigenvalue weighted by atomic mass is 10.2. The third-order valence-electron chi connectivity index (χ3n) is 4.02. The molecule has 0 aliphatic rings. The maximum Gasteiger partial charge on any atom is 0.293 e. The lowest BCUT2D eigenvalue weighted by Gasteiger charge is -2.11. The molecule has 28 heavy (non-hydrogen) atoms. The summed E-state index contributed by atoms with van der Waals surface area (Å²) in [5.74, 6) is -0.373. The van der Waals surface area contributed by atoms with Crippen LogP contribution in [-0.2, 0) is 0 Å². The molecule has 138 valence electrons. The molecule has 1 amide bonds. The van der Waals surface area contributed by atoms with Crippen molar-refractivity contribution in [1.29, 1.82) is 0 Å². The minimum absolute atomic E-state index is 0.000474. The van der Waals surface area contributed by atoms with E-state index in [-0.39, 0.29) is 11.6 Å². The van der Waals surface area contributed by atoms with E-state index in [1.165, 1.54) is 24.3 Å². The predicted molar refractivity (Wildman–Crippen MR) is 109 cm³/mol. The fourth-order valence-corrected chi connectivity index (χ4v) is 2.79. The summed E-state index contributed by atoms with van der Waals surface area (Å²) in [5, 5.41) is 7.27. The summed E-state index contributed by atoms with van der Waals surface area (Å²) in [6, 6.07) is 20.0. The molecule has 0 aliphatic carbocycles. The van der Waals surface area contributed by atoms with Crippen LogP contribution in [0, 0.1) is 5.82 Å². The molecule has 2 N–H and O–H groups in total. The Labute approximate surface area is 165 Å². The smallest absolute Gasteiger partial charge is 0.293 e. The Kier molecular flexibility index (Phi) is 4.87. The number of carbonyl (C=O) groups excluding carboxylic acids is 1. The van der Waals surface area contributed by atoms with Crippen LogP contribution < -0.4 is 10.6 Å². The number of hydrogen-bond acceptors (Lipinski definition) is 4. The van der Waals surface area contributed by atoms with Crippen LogP contribution in [0.5, 0.6) is 0 Å². The number of para-hydroxylation sites is 1. The van der Waals surface area contributed by atoms with Gasteiger partial charge in [-0.25, -0.2) is 14.4 Å². The molecule has 0 bridgehead atoms. The molecule has 7 heteroatoms. The minimum atomic E-state index is -0.489. The zero-order valence-corrected chi connectivity index (χ0v) is 15.2. The van der Waals surface area contributed by atoms with Crippen molar-refractivity contribution in [3.05, 3.63) is 89.5 Å². The summed E-state index contributed by atoms with van der Waals surface area (Å²) in [4.78, 5) is 21.4. The molecule has 4 aromatic rings. The van der Waals surface area contributed by atoms with Crippen LogP contribution >= 0.6 is 11.6 Å². The third-order valence-corrected chi connectivity index (χ3v) is 4.27. The second-order valence-electron chi connectivity index (χ2n) is 6.01. The van der Waals surface area contributed by atoms with Crippen LogP contribution in [0.2, 0.25) is 5.02 Å². The Balaban J connectivity index is 1.69. The lowest BCUT2D eigenvalue weighted by Crippen LogP contribution is -2.16. The maximum absolute atomic E-state index is 13.1. The summed E-state index contributed by atoms with van der Waals surface area (Å²) in [5.41, 5.74) is 1.85. The summed E-state index contributed by atoms with van der Waals surface area (Å²) in [6.07, 6.45) is 0. The number of fused-ring (bicyclic) bond motifs is 1. The largest absolute Gasteiger partial charge is 0.340 e. The van der Waals surface area contributed by atoms with Crippen molar-refractivity contribution >= 4 is 45.6 Å². The van der Waals surface area contributed by atoms with Gasteiger partial charge in [0.2, 0.25) is 5.82 Å². The highest BCUT2D eigenvalue weighted by molar-refractivity contribution is 6.30.